The Labute approximate surface area is 140 Å². The van der Waals surface area contributed by atoms with Crippen LogP contribution in [0, 0.1) is 13.8 Å². The number of nitrogens with one attached hydrogen (secondary N) is 2. The van der Waals surface area contributed by atoms with E-state index in [0.717, 1.165) is 44.6 Å². The summed E-state index contributed by atoms with van der Waals surface area (Å²) < 4.78 is 0. The average molecular weight is 314 g/mol. The molecule has 4 heteroatoms. The molecule has 2 heterocycles. The standard InChI is InChI=1S/C20H18N4/c1-13-11-15-7-3-5-9-17(15)19(21-13)23-24-20-18-10-6-4-8-16(18)12-14(2)22-20/h3-12H,1-2H3,(H,21,23)(H,22,24). The number of aromatic nitrogens is 2. The van der Waals surface area contributed by atoms with Crippen LogP contribution in [0.15, 0.2) is 60.7 Å². The number of hydrazine groups is 1. The summed E-state index contributed by atoms with van der Waals surface area (Å²) in [7, 11) is 0. The highest BCUT2D eigenvalue weighted by atomic mass is 15.4. The van der Waals surface area contributed by atoms with Crippen molar-refractivity contribution < 1.29 is 0 Å². The fourth-order valence-electron chi connectivity index (χ4n) is 2.97. The Kier molecular flexibility index (Phi) is 3.50. The lowest BCUT2D eigenvalue weighted by Gasteiger charge is -2.14. The fraction of sp³-hybridized carbons (Fsp3) is 0.100. The lowest BCUT2D eigenvalue weighted by Crippen LogP contribution is -2.12. The van der Waals surface area contributed by atoms with E-state index in [0.29, 0.717) is 0 Å². The molecule has 4 nitrogen and oxygen atoms in total. The molecule has 2 N–H and O–H groups in total. The van der Waals surface area contributed by atoms with Crippen molar-refractivity contribution in [1.29, 1.82) is 0 Å². The second-order valence-corrected chi connectivity index (χ2v) is 5.92. The Bertz CT molecular complexity index is 955. The molecule has 118 valence electrons. The monoisotopic (exact) mass is 314 g/mol. The van der Waals surface area contributed by atoms with Gasteiger partial charge in [-0.3, -0.25) is 10.9 Å². The van der Waals surface area contributed by atoms with Crippen LogP contribution in [-0.2, 0) is 0 Å². The quantitative estimate of drug-likeness (QED) is 0.531. The minimum Gasteiger partial charge on any atom is -0.282 e. The van der Waals surface area contributed by atoms with Crippen molar-refractivity contribution in [2.75, 3.05) is 10.9 Å². The smallest absolute Gasteiger partial charge is 0.152 e. The molecule has 2 aromatic heterocycles. The van der Waals surface area contributed by atoms with Crippen molar-refractivity contribution in [2.24, 2.45) is 0 Å². The Morgan fingerprint density at radius 2 is 1.04 bits per heavy atom. The molecule has 0 aliphatic heterocycles. The molecule has 0 spiro atoms. The summed E-state index contributed by atoms with van der Waals surface area (Å²) in [5.74, 6) is 1.61. The molecule has 24 heavy (non-hydrogen) atoms. The molecule has 4 rings (SSSR count). The van der Waals surface area contributed by atoms with Gasteiger partial charge in [-0.15, -0.1) is 0 Å². The second-order valence-electron chi connectivity index (χ2n) is 5.92. The lowest BCUT2D eigenvalue weighted by atomic mass is 10.1. The van der Waals surface area contributed by atoms with Crippen molar-refractivity contribution in [3.8, 4) is 0 Å². The van der Waals surface area contributed by atoms with Gasteiger partial charge in [-0.05, 0) is 36.8 Å². The van der Waals surface area contributed by atoms with Crippen LogP contribution in [0.25, 0.3) is 21.5 Å². The van der Waals surface area contributed by atoms with Gasteiger partial charge in [-0.25, -0.2) is 9.97 Å². The molecule has 0 saturated heterocycles. The number of benzene rings is 2. The molecule has 0 amide bonds. The molecule has 0 radical (unpaired) electrons. The molecule has 0 atom stereocenters. The maximum absolute atomic E-state index is 4.62. The van der Waals surface area contributed by atoms with Crippen LogP contribution >= 0.6 is 0 Å². The summed E-state index contributed by atoms with van der Waals surface area (Å²) in [6.45, 7) is 4.00. The van der Waals surface area contributed by atoms with Gasteiger partial charge in [-0.2, -0.15) is 0 Å². The first-order valence-electron chi connectivity index (χ1n) is 7.95. The molecule has 0 saturated carbocycles. The zero-order valence-corrected chi connectivity index (χ0v) is 13.7. The topological polar surface area (TPSA) is 49.8 Å². The SMILES string of the molecule is Cc1cc2ccccc2c(NNc2nc(C)cc3ccccc23)n1. The third-order valence-electron chi connectivity index (χ3n) is 4.04. The van der Waals surface area contributed by atoms with Crippen molar-refractivity contribution in [1.82, 2.24) is 9.97 Å². The van der Waals surface area contributed by atoms with Gasteiger partial charge in [0.2, 0.25) is 0 Å². The van der Waals surface area contributed by atoms with Gasteiger partial charge < -0.3 is 0 Å². The molecular formula is C20H18N4. The third-order valence-corrected chi connectivity index (χ3v) is 4.04. The number of aryl methyl sites for hydroxylation is 2. The summed E-state index contributed by atoms with van der Waals surface area (Å²) >= 11 is 0. The highest BCUT2D eigenvalue weighted by Crippen LogP contribution is 2.25. The van der Waals surface area contributed by atoms with Gasteiger partial charge >= 0.3 is 0 Å². The van der Waals surface area contributed by atoms with Crippen LogP contribution in [-0.4, -0.2) is 9.97 Å². The first-order chi connectivity index (χ1) is 11.7. The van der Waals surface area contributed by atoms with E-state index in [1.807, 2.05) is 38.1 Å². The Morgan fingerprint density at radius 1 is 0.625 bits per heavy atom. The van der Waals surface area contributed by atoms with Crippen molar-refractivity contribution in [2.45, 2.75) is 13.8 Å². The predicted octanol–water partition coefficient (Wildman–Crippen LogP) is 4.84. The van der Waals surface area contributed by atoms with Crippen molar-refractivity contribution >= 4 is 33.2 Å². The van der Waals surface area contributed by atoms with E-state index < -0.39 is 0 Å². The molecular weight excluding hydrogens is 296 g/mol. The minimum absolute atomic E-state index is 0.804. The van der Waals surface area contributed by atoms with E-state index in [-0.39, 0.29) is 0 Å². The van der Waals surface area contributed by atoms with Gasteiger partial charge in [0, 0.05) is 22.2 Å². The molecule has 0 bridgehead atoms. The van der Waals surface area contributed by atoms with E-state index in [9.17, 15) is 0 Å². The van der Waals surface area contributed by atoms with Crippen molar-refractivity contribution in [3.05, 3.63) is 72.1 Å². The number of hydrogen-bond acceptors (Lipinski definition) is 4. The van der Waals surface area contributed by atoms with Crippen LogP contribution in [0.2, 0.25) is 0 Å². The lowest BCUT2D eigenvalue weighted by molar-refractivity contribution is 1.17. The zero-order chi connectivity index (χ0) is 16.5. The van der Waals surface area contributed by atoms with Gasteiger partial charge in [0.1, 0.15) is 0 Å². The highest BCUT2D eigenvalue weighted by Gasteiger charge is 2.06. The minimum atomic E-state index is 0.804. The average Bonchev–Trinajstić information content (AvgIpc) is 2.59. The number of nitrogens with zero attached hydrogens (tertiary/aromatic N) is 2. The van der Waals surface area contributed by atoms with E-state index in [1.165, 1.54) is 0 Å². The van der Waals surface area contributed by atoms with E-state index in [4.69, 9.17) is 0 Å². The molecule has 0 fully saturated rings. The first kappa shape index (κ1) is 14.5. The van der Waals surface area contributed by atoms with E-state index in [1.54, 1.807) is 0 Å². The van der Waals surface area contributed by atoms with E-state index in [2.05, 4.69) is 57.2 Å². The largest absolute Gasteiger partial charge is 0.282 e. The van der Waals surface area contributed by atoms with Gasteiger partial charge in [0.05, 0.1) is 0 Å². The highest BCUT2D eigenvalue weighted by molar-refractivity contribution is 5.95. The maximum atomic E-state index is 4.62. The Hall–Kier alpha value is -3.14. The van der Waals surface area contributed by atoms with Gasteiger partial charge in [0.15, 0.2) is 11.6 Å². The summed E-state index contributed by atoms with van der Waals surface area (Å²) in [4.78, 5) is 9.23. The molecule has 0 aliphatic carbocycles. The number of pyridine rings is 2. The summed E-state index contributed by atoms with van der Waals surface area (Å²) in [6.07, 6.45) is 0. The van der Waals surface area contributed by atoms with Crippen LogP contribution in [0.1, 0.15) is 11.4 Å². The number of fused-ring (bicyclic) bond motifs is 2. The van der Waals surface area contributed by atoms with Crippen LogP contribution in [0.3, 0.4) is 0 Å². The number of anilines is 2. The van der Waals surface area contributed by atoms with E-state index >= 15 is 0 Å². The molecule has 2 aromatic carbocycles. The fourth-order valence-corrected chi connectivity index (χ4v) is 2.97. The predicted molar refractivity (Wildman–Crippen MR) is 100 cm³/mol. The van der Waals surface area contributed by atoms with Crippen LogP contribution < -0.4 is 10.9 Å². The van der Waals surface area contributed by atoms with Gasteiger partial charge in [0.25, 0.3) is 0 Å². The number of hydrogen-bond donors (Lipinski definition) is 2. The zero-order valence-electron chi connectivity index (χ0n) is 13.7. The summed E-state index contributed by atoms with van der Waals surface area (Å²) in [6, 6.07) is 20.6. The molecule has 4 aromatic rings. The summed E-state index contributed by atoms with van der Waals surface area (Å²) in [5, 5.41) is 4.48. The Morgan fingerprint density at radius 3 is 1.50 bits per heavy atom. The second kappa shape index (κ2) is 5.81. The van der Waals surface area contributed by atoms with Crippen LogP contribution in [0.4, 0.5) is 11.6 Å². The molecule has 0 unspecified atom stereocenters. The maximum Gasteiger partial charge on any atom is 0.152 e. The number of rotatable bonds is 3. The normalized spacial score (nSPS) is 10.9. The van der Waals surface area contributed by atoms with Gasteiger partial charge in [-0.1, -0.05) is 48.5 Å². The third kappa shape index (κ3) is 2.63. The molecule has 0 aliphatic rings. The van der Waals surface area contributed by atoms with Crippen molar-refractivity contribution in [3.63, 3.8) is 0 Å². The Balaban J connectivity index is 1.74. The van der Waals surface area contributed by atoms with Crippen LogP contribution in [0.5, 0.6) is 0 Å². The first-order valence-corrected chi connectivity index (χ1v) is 7.95. The summed E-state index contributed by atoms with van der Waals surface area (Å²) in [5.41, 5.74) is 8.43.